The van der Waals surface area contributed by atoms with Gasteiger partial charge in [0.1, 0.15) is 6.79 Å². The van der Waals surface area contributed by atoms with Crippen LogP contribution in [0.5, 0.6) is 0 Å². The van der Waals surface area contributed by atoms with Crippen LogP contribution in [0, 0.1) is 0 Å². The van der Waals surface area contributed by atoms with Gasteiger partial charge in [0.25, 0.3) is 0 Å². The van der Waals surface area contributed by atoms with Crippen molar-refractivity contribution in [3.05, 3.63) is 182 Å². The summed E-state index contributed by atoms with van der Waals surface area (Å²) in [5.74, 6) is 0. The van der Waals surface area contributed by atoms with Crippen molar-refractivity contribution in [1.82, 2.24) is 0 Å². The molecule has 0 radical (unpaired) electrons. The van der Waals surface area contributed by atoms with E-state index in [0.29, 0.717) is 0 Å². The molecule has 0 unspecified atom stereocenters. The van der Waals surface area contributed by atoms with Gasteiger partial charge in [-0.1, -0.05) is 182 Å². The maximum Gasteiger partial charge on any atom is 3.00 e. The third kappa shape index (κ3) is 21.0. The van der Waals surface area contributed by atoms with Crippen LogP contribution in [0.2, 0.25) is 0 Å². The van der Waals surface area contributed by atoms with Gasteiger partial charge in [0.15, 0.2) is 0 Å². The van der Waals surface area contributed by atoms with E-state index in [4.69, 9.17) is 19.0 Å². The molecule has 0 spiro atoms. The summed E-state index contributed by atoms with van der Waals surface area (Å²) in [6, 6.07) is 65.1. The minimum atomic E-state index is -0.247. The zero-order valence-corrected chi connectivity index (χ0v) is 40.1. The monoisotopic (exact) mass is 952 g/mol. The Bertz CT molecular complexity index is 1510. The van der Waals surface area contributed by atoms with Crippen LogP contribution in [-0.2, 0) is 38.5 Å². The van der Waals surface area contributed by atoms with E-state index < -0.39 is 0 Å². The molecule has 4 nitrogen and oxygen atoms in total. The van der Waals surface area contributed by atoms with Gasteiger partial charge in [-0.3, -0.25) is 0 Å². The first kappa shape index (κ1) is 52.9. The Morgan fingerprint density at radius 3 is 0.667 bits per heavy atom. The predicted molar refractivity (Wildman–Crippen MR) is 266 cm³/mol. The molecule has 0 saturated carbocycles. The molecule has 0 aliphatic rings. The van der Waals surface area contributed by atoms with E-state index in [-0.39, 0.29) is 47.5 Å². The van der Waals surface area contributed by atoms with Gasteiger partial charge >= 0.3 is 19.5 Å². The largest absolute Gasteiger partial charge is 3.00 e. The molecule has 0 amide bonds. The van der Waals surface area contributed by atoms with Crippen LogP contribution in [0.1, 0.15) is 44.3 Å². The van der Waals surface area contributed by atoms with Gasteiger partial charge in [0, 0.05) is 39.6 Å². The van der Waals surface area contributed by atoms with Crippen LogP contribution in [0.4, 0.5) is 0 Å². The van der Waals surface area contributed by atoms with Crippen molar-refractivity contribution >= 4 is 62.4 Å². The molecule has 8 heteroatoms. The Balaban J connectivity index is 0. The molecular weight excluding hydrogens is 884 g/mol. The standard InChI is InChI=1S/3C17H21OP.CH2O.Rh.3H/c3*1-2-18-14-9-15-19(16-10-5-3-6-11-16)17-12-7-4-8-13-17;1-2;;;;/h3*3-8,10-13H,2,9,14-15H2,1H3;1H2;;;;/q;;;;+3;3*-1. The van der Waals surface area contributed by atoms with Crippen molar-refractivity contribution in [3.8, 4) is 0 Å². The molecule has 0 bridgehead atoms. The Hall–Kier alpha value is -3.22. The summed E-state index contributed by atoms with van der Waals surface area (Å²) >= 11 is 0. The molecule has 0 saturated heterocycles. The molecule has 0 aromatic heterocycles. The van der Waals surface area contributed by atoms with E-state index >= 15 is 0 Å². The molecule has 0 heterocycles. The second kappa shape index (κ2) is 35.4. The number of carbonyl (C=O) groups excluding carboxylic acids is 1. The number of rotatable bonds is 21. The van der Waals surface area contributed by atoms with Gasteiger partial charge < -0.3 is 23.3 Å². The topological polar surface area (TPSA) is 44.8 Å². The first-order valence-corrected chi connectivity index (χ1v) is 25.5. The quantitative estimate of drug-likeness (QED) is 0.0410. The van der Waals surface area contributed by atoms with Crippen LogP contribution < -0.4 is 31.8 Å². The minimum Gasteiger partial charge on any atom is -1.00 e. The number of ether oxygens (including phenoxy) is 3. The zero-order chi connectivity index (χ0) is 42.0. The summed E-state index contributed by atoms with van der Waals surface area (Å²) < 4.78 is 16.4. The van der Waals surface area contributed by atoms with Crippen LogP contribution in [0.25, 0.3) is 0 Å². The van der Waals surface area contributed by atoms with Crippen molar-refractivity contribution in [1.29, 1.82) is 0 Å². The Labute approximate surface area is 383 Å². The smallest absolute Gasteiger partial charge is 1.00 e. The van der Waals surface area contributed by atoms with E-state index in [1.54, 1.807) is 0 Å². The summed E-state index contributed by atoms with van der Waals surface area (Å²) in [5.41, 5.74) is 0. The number of benzene rings is 6. The van der Waals surface area contributed by atoms with Gasteiger partial charge in [-0.05, 0) is 114 Å². The summed E-state index contributed by atoms with van der Waals surface area (Å²) in [4.78, 5) is 8.00. The molecule has 0 N–H and O–H groups in total. The van der Waals surface area contributed by atoms with Crippen LogP contribution >= 0.6 is 23.8 Å². The SMILES string of the molecule is C=O.CCOCCCP(c1ccccc1)c1ccccc1.CCOCCCP(c1ccccc1)c1ccccc1.CCOCCCP(c1ccccc1)c1ccccc1.[H-].[H-].[H-].[Rh+3]. The Morgan fingerprint density at radius 1 is 0.350 bits per heavy atom. The molecule has 0 aliphatic heterocycles. The van der Waals surface area contributed by atoms with E-state index in [2.05, 4.69) is 203 Å². The van der Waals surface area contributed by atoms with Crippen molar-refractivity contribution in [2.24, 2.45) is 0 Å². The zero-order valence-electron chi connectivity index (χ0n) is 38.8. The summed E-state index contributed by atoms with van der Waals surface area (Å²) in [7, 11) is -0.742. The maximum absolute atomic E-state index is 8.00. The maximum atomic E-state index is 8.00. The molecule has 6 rings (SSSR count). The molecule has 6 aromatic rings. The second-order valence-corrected chi connectivity index (χ2v) is 20.1. The molecule has 0 atom stereocenters. The summed E-state index contributed by atoms with van der Waals surface area (Å²) in [6.07, 6.45) is 6.98. The fourth-order valence-electron chi connectivity index (χ4n) is 6.28. The van der Waals surface area contributed by atoms with Crippen molar-refractivity contribution in [2.75, 3.05) is 58.1 Å². The van der Waals surface area contributed by atoms with E-state index in [1.807, 2.05) is 6.79 Å². The molecule has 6 aromatic carbocycles. The molecular formula is C52H68O4P3Rh. The fourth-order valence-corrected chi connectivity index (χ4v) is 13.2. The minimum absolute atomic E-state index is 0. The molecule has 60 heavy (non-hydrogen) atoms. The van der Waals surface area contributed by atoms with Gasteiger partial charge in [0.2, 0.25) is 0 Å². The predicted octanol–water partition coefficient (Wildman–Crippen LogP) is 10.8. The third-order valence-electron chi connectivity index (χ3n) is 9.03. The number of hydrogen-bond acceptors (Lipinski definition) is 4. The third-order valence-corrected chi connectivity index (χ3v) is 16.9. The van der Waals surface area contributed by atoms with E-state index in [9.17, 15) is 0 Å². The number of carbonyl (C=O) groups is 1. The normalized spacial score (nSPS) is 10.4. The Morgan fingerprint density at radius 2 is 0.517 bits per heavy atom. The van der Waals surface area contributed by atoms with Crippen LogP contribution in [-0.4, -0.2) is 64.9 Å². The van der Waals surface area contributed by atoms with Gasteiger partial charge in [-0.15, -0.1) is 0 Å². The Kier molecular flexibility index (Phi) is 31.2. The van der Waals surface area contributed by atoms with Gasteiger partial charge in [-0.2, -0.15) is 0 Å². The first-order chi connectivity index (χ1) is 29.2. The average molecular weight is 953 g/mol. The molecule has 0 aliphatic carbocycles. The van der Waals surface area contributed by atoms with Gasteiger partial charge in [-0.25, -0.2) is 0 Å². The van der Waals surface area contributed by atoms with Crippen LogP contribution in [0.3, 0.4) is 0 Å². The average Bonchev–Trinajstić information content (AvgIpc) is 3.32. The first-order valence-electron chi connectivity index (χ1n) is 20.9. The summed E-state index contributed by atoms with van der Waals surface area (Å²) in [6.45, 7) is 13.2. The van der Waals surface area contributed by atoms with Crippen molar-refractivity contribution < 1.29 is 42.8 Å². The van der Waals surface area contributed by atoms with E-state index in [0.717, 1.165) is 58.9 Å². The number of hydrogen-bond donors (Lipinski definition) is 0. The molecule has 324 valence electrons. The van der Waals surface area contributed by atoms with E-state index in [1.165, 1.54) is 50.3 Å². The molecule has 0 fully saturated rings. The van der Waals surface area contributed by atoms with Crippen LogP contribution in [0.15, 0.2) is 182 Å². The van der Waals surface area contributed by atoms with Crippen molar-refractivity contribution in [3.63, 3.8) is 0 Å². The van der Waals surface area contributed by atoms with Gasteiger partial charge in [0.05, 0.1) is 0 Å². The summed E-state index contributed by atoms with van der Waals surface area (Å²) in [5, 5.41) is 8.75. The second-order valence-electron chi connectivity index (χ2n) is 13.1. The van der Waals surface area contributed by atoms with Crippen molar-refractivity contribution in [2.45, 2.75) is 40.0 Å². The fraction of sp³-hybridized carbons (Fsp3) is 0.288.